The van der Waals surface area contributed by atoms with E-state index in [1.54, 1.807) is 23.9 Å². The molecule has 2 rings (SSSR count). The SMILES string of the molecule is CC(=O)N(C)CCCOCC(=O)N(C)Cc1ccc(CC(=O)N2CCC2=O)cc1. The predicted octanol–water partition coefficient (Wildman–Crippen LogP) is 0.831. The molecule has 0 N–H and O–H groups in total. The van der Waals surface area contributed by atoms with Gasteiger partial charge in [0.05, 0.1) is 6.42 Å². The molecular formula is C21H29N3O5. The van der Waals surface area contributed by atoms with Crippen LogP contribution >= 0.6 is 0 Å². The second kappa shape index (κ2) is 10.7. The summed E-state index contributed by atoms with van der Waals surface area (Å²) in [6.07, 6.45) is 1.33. The molecule has 0 bridgehead atoms. The van der Waals surface area contributed by atoms with Crippen LogP contribution in [-0.4, -0.2) is 78.7 Å². The molecule has 158 valence electrons. The van der Waals surface area contributed by atoms with Gasteiger partial charge in [-0.05, 0) is 17.5 Å². The largest absolute Gasteiger partial charge is 0.372 e. The molecule has 0 saturated carbocycles. The van der Waals surface area contributed by atoms with Gasteiger partial charge in [0.2, 0.25) is 23.6 Å². The Hall–Kier alpha value is -2.74. The highest BCUT2D eigenvalue weighted by molar-refractivity contribution is 6.00. The number of β-lactam (4-membered cyclic amide) rings is 1. The minimum atomic E-state index is -0.173. The van der Waals surface area contributed by atoms with Crippen LogP contribution in [0.25, 0.3) is 0 Å². The Morgan fingerprint density at radius 3 is 2.28 bits per heavy atom. The first-order valence-electron chi connectivity index (χ1n) is 9.72. The Kier molecular flexibility index (Phi) is 8.33. The molecule has 4 amide bonds. The lowest BCUT2D eigenvalue weighted by molar-refractivity contribution is -0.152. The maximum absolute atomic E-state index is 12.2. The van der Waals surface area contributed by atoms with Gasteiger partial charge in [-0.15, -0.1) is 0 Å². The van der Waals surface area contributed by atoms with E-state index in [9.17, 15) is 19.2 Å². The molecule has 8 heteroatoms. The average Bonchev–Trinajstić information content (AvgIpc) is 2.67. The molecule has 0 aromatic heterocycles. The molecular weight excluding hydrogens is 374 g/mol. The summed E-state index contributed by atoms with van der Waals surface area (Å²) < 4.78 is 5.40. The van der Waals surface area contributed by atoms with Crippen LogP contribution in [0.5, 0.6) is 0 Å². The summed E-state index contributed by atoms with van der Waals surface area (Å²) in [5.74, 6) is -0.404. The third-order valence-corrected chi connectivity index (χ3v) is 4.92. The molecule has 0 radical (unpaired) electrons. The maximum atomic E-state index is 12.2. The quantitative estimate of drug-likeness (QED) is 0.427. The first-order valence-corrected chi connectivity index (χ1v) is 9.72. The van der Waals surface area contributed by atoms with Gasteiger partial charge in [0.1, 0.15) is 6.61 Å². The van der Waals surface area contributed by atoms with E-state index in [0.717, 1.165) is 11.1 Å². The number of rotatable bonds is 10. The van der Waals surface area contributed by atoms with E-state index in [4.69, 9.17) is 4.74 Å². The number of benzene rings is 1. The van der Waals surface area contributed by atoms with Crippen LogP contribution in [0.15, 0.2) is 24.3 Å². The molecule has 0 unspecified atom stereocenters. The smallest absolute Gasteiger partial charge is 0.248 e. The highest BCUT2D eigenvalue weighted by Crippen LogP contribution is 2.13. The number of imide groups is 1. The summed E-state index contributed by atoms with van der Waals surface area (Å²) in [6.45, 7) is 3.47. The Morgan fingerprint density at radius 1 is 1.07 bits per heavy atom. The Morgan fingerprint density at radius 2 is 1.72 bits per heavy atom. The van der Waals surface area contributed by atoms with E-state index >= 15 is 0 Å². The van der Waals surface area contributed by atoms with Gasteiger partial charge in [-0.1, -0.05) is 24.3 Å². The highest BCUT2D eigenvalue weighted by Gasteiger charge is 2.29. The van der Waals surface area contributed by atoms with Crippen LogP contribution in [0, 0.1) is 0 Å². The molecule has 1 saturated heterocycles. The van der Waals surface area contributed by atoms with E-state index in [1.165, 1.54) is 11.8 Å². The van der Waals surface area contributed by atoms with Crippen LogP contribution in [0.3, 0.4) is 0 Å². The van der Waals surface area contributed by atoms with Gasteiger partial charge in [-0.3, -0.25) is 24.1 Å². The Labute approximate surface area is 171 Å². The van der Waals surface area contributed by atoms with Crippen molar-refractivity contribution >= 4 is 23.6 Å². The van der Waals surface area contributed by atoms with Gasteiger partial charge >= 0.3 is 0 Å². The zero-order valence-electron chi connectivity index (χ0n) is 17.3. The van der Waals surface area contributed by atoms with Crippen LogP contribution in [0.1, 0.15) is 30.9 Å². The summed E-state index contributed by atoms with van der Waals surface area (Å²) in [7, 11) is 3.44. The summed E-state index contributed by atoms with van der Waals surface area (Å²) in [4.78, 5) is 51.0. The first kappa shape index (κ1) is 22.5. The number of hydrogen-bond acceptors (Lipinski definition) is 5. The van der Waals surface area contributed by atoms with E-state index < -0.39 is 0 Å². The molecule has 8 nitrogen and oxygen atoms in total. The van der Waals surface area contributed by atoms with Crippen molar-refractivity contribution < 1.29 is 23.9 Å². The predicted molar refractivity (Wildman–Crippen MR) is 107 cm³/mol. The Balaban J connectivity index is 1.69. The zero-order valence-corrected chi connectivity index (χ0v) is 17.3. The fourth-order valence-electron chi connectivity index (χ4n) is 2.80. The van der Waals surface area contributed by atoms with Gasteiger partial charge in [-0.2, -0.15) is 0 Å². The molecule has 0 atom stereocenters. The summed E-state index contributed by atoms with van der Waals surface area (Å²) in [5.41, 5.74) is 1.78. The van der Waals surface area contributed by atoms with Crippen LogP contribution < -0.4 is 0 Å². The zero-order chi connectivity index (χ0) is 21.4. The average molecular weight is 403 g/mol. The van der Waals surface area contributed by atoms with E-state index in [2.05, 4.69) is 0 Å². The second-order valence-electron chi connectivity index (χ2n) is 7.28. The number of likely N-dealkylation sites (tertiary alicyclic amines) is 1. The molecule has 1 fully saturated rings. The summed E-state index contributed by atoms with van der Waals surface area (Å²) >= 11 is 0. The Bertz CT molecular complexity index is 747. The minimum Gasteiger partial charge on any atom is -0.372 e. The van der Waals surface area contributed by atoms with Crippen molar-refractivity contribution in [2.24, 2.45) is 0 Å². The van der Waals surface area contributed by atoms with Crippen molar-refractivity contribution in [3.63, 3.8) is 0 Å². The number of nitrogens with zero attached hydrogens (tertiary/aromatic N) is 3. The molecule has 1 aliphatic rings. The van der Waals surface area contributed by atoms with E-state index in [1.807, 2.05) is 24.3 Å². The van der Waals surface area contributed by atoms with Crippen LogP contribution in [-0.2, 0) is 36.9 Å². The van der Waals surface area contributed by atoms with Crippen LogP contribution in [0.4, 0.5) is 0 Å². The molecule has 1 heterocycles. The number of hydrogen-bond donors (Lipinski definition) is 0. The van der Waals surface area contributed by atoms with Crippen molar-refractivity contribution in [2.75, 3.05) is 40.4 Å². The molecule has 1 aliphatic heterocycles. The van der Waals surface area contributed by atoms with Gasteiger partial charge in [-0.25, -0.2) is 0 Å². The molecule has 1 aromatic carbocycles. The minimum absolute atomic E-state index is 0.00324. The molecule has 29 heavy (non-hydrogen) atoms. The van der Waals surface area contributed by atoms with Gasteiger partial charge in [0.25, 0.3) is 0 Å². The number of carbonyl (C=O) groups excluding carboxylic acids is 4. The lowest BCUT2D eigenvalue weighted by Crippen LogP contribution is -2.48. The molecule has 1 aromatic rings. The fourth-order valence-corrected chi connectivity index (χ4v) is 2.80. The number of ether oxygens (including phenoxy) is 1. The molecule has 0 aliphatic carbocycles. The molecule has 0 spiro atoms. The normalized spacial score (nSPS) is 13.1. The highest BCUT2D eigenvalue weighted by atomic mass is 16.5. The second-order valence-corrected chi connectivity index (χ2v) is 7.28. The van der Waals surface area contributed by atoms with Gasteiger partial charge < -0.3 is 14.5 Å². The number of amides is 4. The lowest BCUT2D eigenvalue weighted by atomic mass is 10.1. The first-order chi connectivity index (χ1) is 13.8. The standard InChI is InChI=1S/C21H29N3O5/c1-16(25)22(2)10-4-12-29-15-21(28)23(3)14-18-7-5-17(6-8-18)13-20(27)24-11-9-19(24)26/h5-8H,4,9-15H2,1-3H3. The van der Waals surface area contributed by atoms with Crippen molar-refractivity contribution in [3.8, 4) is 0 Å². The van der Waals surface area contributed by atoms with Crippen molar-refractivity contribution in [2.45, 2.75) is 32.7 Å². The van der Waals surface area contributed by atoms with Crippen molar-refractivity contribution in [1.29, 1.82) is 0 Å². The maximum Gasteiger partial charge on any atom is 0.248 e. The van der Waals surface area contributed by atoms with Crippen molar-refractivity contribution in [3.05, 3.63) is 35.4 Å². The number of likely N-dealkylation sites (N-methyl/N-ethyl adjacent to an activating group) is 1. The van der Waals surface area contributed by atoms with Gasteiger partial charge in [0.15, 0.2) is 0 Å². The van der Waals surface area contributed by atoms with Crippen LogP contribution in [0.2, 0.25) is 0 Å². The topological polar surface area (TPSA) is 87.2 Å². The number of carbonyl (C=O) groups is 4. The van der Waals surface area contributed by atoms with E-state index in [0.29, 0.717) is 39.1 Å². The summed E-state index contributed by atoms with van der Waals surface area (Å²) in [6, 6.07) is 7.45. The third kappa shape index (κ3) is 6.98. The van der Waals surface area contributed by atoms with E-state index in [-0.39, 0.29) is 36.7 Å². The third-order valence-electron chi connectivity index (χ3n) is 4.92. The monoisotopic (exact) mass is 403 g/mol. The lowest BCUT2D eigenvalue weighted by Gasteiger charge is -2.28. The van der Waals surface area contributed by atoms with Gasteiger partial charge in [0, 0.05) is 53.7 Å². The summed E-state index contributed by atoms with van der Waals surface area (Å²) in [5, 5.41) is 0. The fraction of sp³-hybridized carbons (Fsp3) is 0.524. The van der Waals surface area contributed by atoms with Crippen molar-refractivity contribution in [1.82, 2.24) is 14.7 Å².